The Balaban J connectivity index is 1.29. The normalized spacial score (nSPS) is 26.4. The number of ether oxygens (including phenoxy) is 1. The fourth-order valence-electron chi connectivity index (χ4n) is 4.74. The lowest BCUT2D eigenvalue weighted by Crippen LogP contribution is -2.44. The van der Waals surface area contributed by atoms with Crippen LogP contribution in [0.4, 0.5) is 0 Å². The molecule has 29 heavy (non-hydrogen) atoms. The van der Waals surface area contributed by atoms with Gasteiger partial charge in [-0.25, -0.2) is 0 Å². The van der Waals surface area contributed by atoms with Crippen molar-refractivity contribution in [1.82, 2.24) is 15.1 Å². The van der Waals surface area contributed by atoms with Gasteiger partial charge in [-0.05, 0) is 24.3 Å². The number of morpholine rings is 1. The van der Waals surface area contributed by atoms with E-state index < -0.39 is 0 Å². The van der Waals surface area contributed by atoms with Crippen LogP contribution in [0.5, 0.6) is 0 Å². The van der Waals surface area contributed by atoms with E-state index >= 15 is 0 Å². The molecular formula is C21H29N3O4S. The molecule has 1 aliphatic carbocycles. The molecule has 2 saturated heterocycles. The third kappa shape index (κ3) is 4.54. The first-order chi connectivity index (χ1) is 14.1. The Morgan fingerprint density at radius 2 is 1.86 bits per heavy atom. The maximum absolute atomic E-state index is 12.5. The first-order valence-corrected chi connectivity index (χ1v) is 11.5. The zero-order valence-corrected chi connectivity index (χ0v) is 17.5. The number of nitrogens with one attached hydrogen (secondary N) is 1. The molecule has 7 nitrogen and oxygen atoms in total. The summed E-state index contributed by atoms with van der Waals surface area (Å²) in [5.74, 6) is -0.558. The molecule has 2 aliphatic heterocycles. The third-order valence-corrected chi connectivity index (χ3v) is 7.32. The van der Waals surface area contributed by atoms with Crippen LogP contribution in [0.2, 0.25) is 0 Å². The molecular weight excluding hydrogens is 390 g/mol. The van der Waals surface area contributed by atoms with Gasteiger partial charge in [0.05, 0.1) is 31.1 Å². The largest absolute Gasteiger partial charge is 0.379 e. The van der Waals surface area contributed by atoms with E-state index in [-0.39, 0.29) is 48.6 Å². The minimum absolute atomic E-state index is 0.0720. The molecule has 158 valence electrons. The van der Waals surface area contributed by atoms with Crippen LogP contribution in [-0.4, -0.2) is 66.9 Å². The van der Waals surface area contributed by atoms with E-state index in [1.54, 1.807) is 11.3 Å². The molecule has 0 aromatic carbocycles. The highest BCUT2D eigenvalue weighted by Gasteiger charge is 2.47. The molecule has 3 atom stereocenters. The van der Waals surface area contributed by atoms with Crippen LogP contribution in [0.1, 0.15) is 43.0 Å². The Morgan fingerprint density at radius 3 is 2.48 bits per heavy atom. The zero-order valence-electron chi connectivity index (χ0n) is 16.7. The highest BCUT2D eigenvalue weighted by Crippen LogP contribution is 2.38. The molecule has 3 fully saturated rings. The standard InChI is InChI=1S/C21H29N3O4S/c25-19(7-8-24-20(26)15-4-1-2-5-16(15)21(24)27)22-14-17(18-6-3-13-29-18)23-9-11-28-12-10-23/h3,6,13,15-17H,1-2,4-5,7-12,14H2,(H,22,25)/t15-,16-,17-/m0/s1. The Bertz CT molecular complexity index is 708. The fraction of sp³-hybridized carbons (Fsp3) is 0.667. The number of imide groups is 1. The summed E-state index contributed by atoms with van der Waals surface area (Å²) in [6, 6.07) is 4.25. The van der Waals surface area contributed by atoms with E-state index in [9.17, 15) is 14.4 Å². The van der Waals surface area contributed by atoms with Gasteiger partial charge in [-0.15, -0.1) is 11.3 Å². The quantitative estimate of drug-likeness (QED) is 0.682. The topological polar surface area (TPSA) is 79.0 Å². The van der Waals surface area contributed by atoms with Crippen LogP contribution >= 0.6 is 11.3 Å². The highest BCUT2D eigenvalue weighted by atomic mass is 32.1. The van der Waals surface area contributed by atoms with Crippen LogP contribution in [0.3, 0.4) is 0 Å². The number of nitrogens with zero attached hydrogens (tertiary/aromatic N) is 2. The Kier molecular flexibility index (Phi) is 6.62. The van der Waals surface area contributed by atoms with Crippen molar-refractivity contribution in [2.24, 2.45) is 11.8 Å². The number of amides is 3. The van der Waals surface area contributed by atoms with E-state index in [1.165, 1.54) is 9.78 Å². The van der Waals surface area contributed by atoms with Crippen LogP contribution < -0.4 is 5.32 Å². The number of thiophene rings is 1. The molecule has 1 aromatic heterocycles. The Labute approximate surface area is 175 Å². The first-order valence-electron chi connectivity index (χ1n) is 10.6. The van der Waals surface area contributed by atoms with Gasteiger partial charge in [-0.1, -0.05) is 18.9 Å². The average Bonchev–Trinajstić information content (AvgIpc) is 3.36. The molecule has 1 N–H and O–H groups in total. The van der Waals surface area contributed by atoms with Gasteiger partial charge in [0.15, 0.2) is 0 Å². The molecule has 0 radical (unpaired) electrons. The second kappa shape index (κ2) is 9.36. The molecule has 3 aliphatic rings. The Hall–Kier alpha value is -1.77. The minimum atomic E-state index is -0.149. The monoisotopic (exact) mass is 419 g/mol. The van der Waals surface area contributed by atoms with Crippen molar-refractivity contribution in [3.63, 3.8) is 0 Å². The van der Waals surface area contributed by atoms with Crippen molar-refractivity contribution in [3.8, 4) is 0 Å². The van der Waals surface area contributed by atoms with Gasteiger partial charge in [0.25, 0.3) is 0 Å². The van der Waals surface area contributed by atoms with Crippen molar-refractivity contribution >= 4 is 29.1 Å². The van der Waals surface area contributed by atoms with Crippen molar-refractivity contribution in [2.75, 3.05) is 39.4 Å². The summed E-state index contributed by atoms with van der Waals surface area (Å²) in [6.45, 7) is 3.81. The van der Waals surface area contributed by atoms with E-state index in [1.807, 2.05) is 6.07 Å². The maximum atomic E-state index is 12.5. The van der Waals surface area contributed by atoms with Crippen LogP contribution in [0, 0.1) is 11.8 Å². The maximum Gasteiger partial charge on any atom is 0.233 e. The lowest BCUT2D eigenvalue weighted by Gasteiger charge is -2.34. The number of hydrogen-bond donors (Lipinski definition) is 1. The number of fused-ring (bicyclic) bond motifs is 1. The van der Waals surface area contributed by atoms with Gasteiger partial charge in [0, 0.05) is 37.5 Å². The number of carbonyl (C=O) groups is 3. The molecule has 1 aromatic rings. The number of carbonyl (C=O) groups excluding carboxylic acids is 3. The number of hydrogen-bond acceptors (Lipinski definition) is 6. The predicted molar refractivity (Wildman–Crippen MR) is 109 cm³/mol. The first kappa shape index (κ1) is 20.5. The molecule has 1 saturated carbocycles. The second-order valence-electron chi connectivity index (χ2n) is 8.06. The molecule has 0 bridgehead atoms. The van der Waals surface area contributed by atoms with Crippen LogP contribution in [0.15, 0.2) is 17.5 Å². The zero-order chi connectivity index (χ0) is 20.2. The second-order valence-corrected chi connectivity index (χ2v) is 9.04. The molecule has 8 heteroatoms. The summed E-state index contributed by atoms with van der Waals surface area (Å²) < 4.78 is 5.45. The average molecular weight is 420 g/mol. The third-order valence-electron chi connectivity index (χ3n) is 6.35. The van der Waals surface area contributed by atoms with Crippen molar-refractivity contribution in [3.05, 3.63) is 22.4 Å². The summed E-state index contributed by atoms with van der Waals surface area (Å²) >= 11 is 1.69. The lowest BCUT2D eigenvalue weighted by atomic mass is 9.81. The summed E-state index contributed by atoms with van der Waals surface area (Å²) in [6.07, 6.45) is 3.80. The summed E-state index contributed by atoms with van der Waals surface area (Å²) in [5.41, 5.74) is 0. The molecule has 3 heterocycles. The number of rotatable bonds is 7. The smallest absolute Gasteiger partial charge is 0.233 e. The summed E-state index contributed by atoms with van der Waals surface area (Å²) in [4.78, 5) is 42.5. The van der Waals surface area contributed by atoms with Crippen molar-refractivity contribution in [2.45, 2.75) is 38.1 Å². The van der Waals surface area contributed by atoms with E-state index in [4.69, 9.17) is 4.74 Å². The highest BCUT2D eigenvalue weighted by molar-refractivity contribution is 7.10. The summed E-state index contributed by atoms with van der Waals surface area (Å²) in [7, 11) is 0. The van der Waals surface area contributed by atoms with Gasteiger partial charge >= 0.3 is 0 Å². The van der Waals surface area contributed by atoms with E-state index in [0.717, 1.165) is 38.8 Å². The molecule has 4 rings (SSSR count). The van der Waals surface area contributed by atoms with Gasteiger partial charge in [0.2, 0.25) is 17.7 Å². The van der Waals surface area contributed by atoms with Gasteiger partial charge in [-0.3, -0.25) is 24.2 Å². The minimum Gasteiger partial charge on any atom is -0.379 e. The Morgan fingerprint density at radius 1 is 1.17 bits per heavy atom. The van der Waals surface area contributed by atoms with Crippen LogP contribution in [0.25, 0.3) is 0 Å². The van der Waals surface area contributed by atoms with E-state index in [0.29, 0.717) is 19.8 Å². The van der Waals surface area contributed by atoms with Gasteiger partial charge in [0.1, 0.15) is 0 Å². The predicted octanol–water partition coefficient (Wildman–Crippen LogP) is 1.80. The molecule has 3 amide bonds. The molecule has 0 spiro atoms. The van der Waals surface area contributed by atoms with Gasteiger partial charge in [-0.2, -0.15) is 0 Å². The summed E-state index contributed by atoms with van der Waals surface area (Å²) in [5, 5.41) is 5.07. The van der Waals surface area contributed by atoms with Gasteiger partial charge < -0.3 is 10.1 Å². The van der Waals surface area contributed by atoms with Crippen molar-refractivity contribution < 1.29 is 19.1 Å². The number of likely N-dealkylation sites (tertiary alicyclic amines) is 1. The fourth-order valence-corrected chi connectivity index (χ4v) is 5.60. The molecule has 0 unspecified atom stereocenters. The van der Waals surface area contributed by atoms with E-state index in [2.05, 4.69) is 21.7 Å². The van der Waals surface area contributed by atoms with Crippen molar-refractivity contribution in [1.29, 1.82) is 0 Å². The van der Waals surface area contributed by atoms with Crippen LogP contribution in [-0.2, 0) is 19.1 Å². The lowest BCUT2D eigenvalue weighted by molar-refractivity contribution is -0.140. The SMILES string of the molecule is O=C(CCN1C(=O)[C@H]2CCCC[C@@H]2C1=O)NC[C@@H](c1cccs1)N1CCOCC1.